The van der Waals surface area contributed by atoms with E-state index in [0.29, 0.717) is 25.2 Å². The first-order valence-electron chi connectivity index (χ1n) is 11.6. The van der Waals surface area contributed by atoms with Crippen LogP contribution in [0.15, 0.2) is 74.8 Å². The standard InChI is InChI=1S/C26H24N6O4/c1-3-31-24(33)21(28-32(26(31)35)20-11-9-17(2)10-12-20)22-27-23(36-29-22)25(34)30-15-13-19(14-16-30)18-7-5-4-6-8-18/h4-13H,3,14-16H2,1-2H3. The summed E-state index contributed by atoms with van der Waals surface area (Å²) in [5, 5.41) is 8.07. The van der Waals surface area contributed by atoms with Crippen LogP contribution in [0.1, 0.15) is 35.2 Å². The Morgan fingerprint density at radius 3 is 2.47 bits per heavy atom. The van der Waals surface area contributed by atoms with Crippen LogP contribution in [0.4, 0.5) is 0 Å². The third kappa shape index (κ3) is 4.28. The maximum absolute atomic E-state index is 13.0. The maximum Gasteiger partial charge on any atom is 0.352 e. The molecule has 0 N–H and O–H groups in total. The van der Waals surface area contributed by atoms with Crippen LogP contribution in [0, 0.1) is 6.92 Å². The zero-order chi connectivity index (χ0) is 25.2. The summed E-state index contributed by atoms with van der Waals surface area (Å²) in [5.74, 6) is -0.817. The summed E-state index contributed by atoms with van der Waals surface area (Å²) in [5.41, 5.74) is 2.40. The number of amides is 1. The Morgan fingerprint density at radius 2 is 1.81 bits per heavy atom. The summed E-state index contributed by atoms with van der Waals surface area (Å²) in [6, 6.07) is 17.2. The summed E-state index contributed by atoms with van der Waals surface area (Å²) in [4.78, 5) is 44.6. The van der Waals surface area contributed by atoms with Gasteiger partial charge in [0.2, 0.25) is 5.82 Å². The lowest BCUT2D eigenvalue weighted by atomic mass is 9.99. The molecule has 182 valence electrons. The number of rotatable bonds is 5. The number of benzene rings is 2. The first-order valence-corrected chi connectivity index (χ1v) is 11.6. The number of aryl methyl sites for hydroxylation is 1. The molecule has 0 radical (unpaired) electrons. The summed E-state index contributed by atoms with van der Waals surface area (Å²) in [7, 11) is 0. The Morgan fingerprint density at radius 1 is 1.06 bits per heavy atom. The molecule has 36 heavy (non-hydrogen) atoms. The van der Waals surface area contributed by atoms with Crippen molar-refractivity contribution in [2.24, 2.45) is 0 Å². The first kappa shape index (κ1) is 23.2. The molecule has 0 aliphatic carbocycles. The van der Waals surface area contributed by atoms with E-state index in [2.05, 4.69) is 15.2 Å². The van der Waals surface area contributed by atoms with Gasteiger partial charge in [0, 0.05) is 19.6 Å². The minimum Gasteiger partial charge on any atom is -0.330 e. The fourth-order valence-electron chi connectivity index (χ4n) is 4.10. The second-order valence-electron chi connectivity index (χ2n) is 8.45. The molecule has 0 atom stereocenters. The van der Waals surface area contributed by atoms with Crippen molar-refractivity contribution in [3.63, 3.8) is 0 Å². The minimum atomic E-state index is -0.654. The van der Waals surface area contributed by atoms with Gasteiger partial charge in [-0.05, 0) is 43.5 Å². The van der Waals surface area contributed by atoms with E-state index in [9.17, 15) is 14.4 Å². The molecule has 1 aliphatic heterocycles. The van der Waals surface area contributed by atoms with Gasteiger partial charge in [0.15, 0.2) is 5.69 Å². The molecule has 2 aromatic heterocycles. The third-order valence-electron chi connectivity index (χ3n) is 6.12. The van der Waals surface area contributed by atoms with Crippen LogP contribution in [0.5, 0.6) is 0 Å². The lowest BCUT2D eigenvalue weighted by molar-refractivity contribution is 0.0723. The topological polar surface area (TPSA) is 116 Å². The van der Waals surface area contributed by atoms with E-state index in [1.807, 2.05) is 55.5 Å². The summed E-state index contributed by atoms with van der Waals surface area (Å²) < 4.78 is 7.38. The van der Waals surface area contributed by atoms with E-state index in [4.69, 9.17) is 4.52 Å². The molecular formula is C26H24N6O4. The molecule has 0 saturated carbocycles. The maximum atomic E-state index is 13.0. The van der Waals surface area contributed by atoms with E-state index >= 15 is 0 Å². The van der Waals surface area contributed by atoms with E-state index < -0.39 is 17.2 Å². The lowest BCUT2D eigenvalue weighted by Crippen LogP contribution is -2.41. The molecule has 1 aliphatic rings. The lowest BCUT2D eigenvalue weighted by Gasteiger charge is -2.25. The first-order chi connectivity index (χ1) is 17.5. The highest BCUT2D eigenvalue weighted by Crippen LogP contribution is 2.23. The van der Waals surface area contributed by atoms with Crippen molar-refractivity contribution < 1.29 is 9.32 Å². The fraction of sp³-hybridized carbons (Fsp3) is 0.231. The zero-order valence-electron chi connectivity index (χ0n) is 19.9. The molecular weight excluding hydrogens is 460 g/mol. The number of nitrogens with zero attached hydrogens (tertiary/aromatic N) is 6. The van der Waals surface area contributed by atoms with E-state index in [0.717, 1.165) is 20.4 Å². The minimum absolute atomic E-state index is 0.131. The molecule has 3 heterocycles. The molecule has 0 unspecified atom stereocenters. The fourth-order valence-corrected chi connectivity index (χ4v) is 4.10. The SMILES string of the molecule is CCn1c(=O)c(-c2noc(C(=O)N3CC=C(c4ccccc4)CC3)n2)nn(-c2ccc(C)cc2)c1=O. The van der Waals surface area contributed by atoms with Gasteiger partial charge in [-0.15, -0.1) is 0 Å². The summed E-state index contributed by atoms with van der Waals surface area (Å²) in [6.07, 6.45) is 2.70. The van der Waals surface area contributed by atoms with Crippen molar-refractivity contribution in [1.82, 2.24) is 29.4 Å². The highest BCUT2D eigenvalue weighted by atomic mass is 16.5. The summed E-state index contributed by atoms with van der Waals surface area (Å²) >= 11 is 0. The van der Waals surface area contributed by atoms with E-state index in [-0.39, 0.29) is 24.0 Å². The van der Waals surface area contributed by atoms with Crippen molar-refractivity contribution in [2.45, 2.75) is 26.8 Å². The molecule has 2 aromatic carbocycles. The molecule has 1 amide bonds. The number of aromatic nitrogens is 5. The van der Waals surface area contributed by atoms with Gasteiger partial charge in [-0.3, -0.25) is 14.2 Å². The average molecular weight is 485 g/mol. The average Bonchev–Trinajstić information content (AvgIpc) is 3.40. The normalized spacial score (nSPS) is 13.5. The van der Waals surface area contributed by atoms with Crippen molar-refractivity contribution in [2.75, 3.05) is 13.1 Å². The quantitative estimate of drug-likeness (QED) is 0.428. The van der Waals surface area contributed by atoms with Gasteiger partial charge < -0.3 is 9.42 Å². The van der Waals surface area contributed by atoms with Gasteiger partial charge >= 0.3 is 17.5 Å². The smallest absolute Gasteiger partial charge is 0.330 e. The van der Waals surface area contributed by atoms with Crippen LogP contribution in [0.25, 0.3) is 22.8 Å². The number of carbonyl (C=O) groups is 1. The number of carbonyl (C=O) groups excluding carboxylic acids is 1. The van der Waals surface area contributed by atoms with Crippen molar-refractivity contribution in [3.8, 4) is 17.2 Å². The van der Waals surface area contributed by atoms with Gasteiger partial charge in [0.05, 0.1) is 5.69 Å². The highest BCUT2D eigenvalue weighted by Gasteiger charge is 2.26. The van der Waals surface area contributed by atoms with Gasteiger partial charge in [-0.25, -0.2) is 4.79 Å². The Kier molecular flexibility index (Phi) is 6.16. The Hall–Kier alpha value is -4.60. The molecule has 0 bridgehead atoms. The van der Waals surface area contributed by atoms with Crippen LogP contribution >= 0.6 is 0 Å². The van der Waals surface area contributed by atoms with Gasteiger partial charge in [-0.2, -0.15) is 14.8 Å². The summed E-state index contributed by atoms with van der Waals surface area (Å²) in [6.45, 7) is 4.64. The van der Waals surface area contributed by atoms with Crippen LogP contribution in [-0.4, -0.2) is 48.4 Å². The Bertz CT molecular complexity index is 1560. The second kappa shape index (κ2) is 9.57. The van der Waals surface area contributed by atoms with Gasteiger partial charge in [0.25, 0.3) is 5.56 Å². The molecule has 0 fully saturated rings. The Labute approximate surface area is 206 Å². The van der Waals surface area contributed by atoms with E-state index in [1.165, 1.54) is 5.57 Å². The molecule has 10 heteroatoms. The second-order valence-corrected chi connectivity index (χ2v) is 8.45. The molecule has 4 aromatic rings. The van der Waals surface area contributed by atoms with Gasteiger partial charge in [0.1, 0.15) is 0 Å². The van der Waals surface area contributed by atoms with E-state index in [1.54, 1.807) is 24.0 Å². The van der Waals surface area contributed by atoms with Crippen molar-refractivity contribution in [1.29, 1.82) is 0 Å². The van der Waals surface area contributed by atoms with Gasteiger partial charge in [-0.1, -0.05) is 59.3 Å². The molecule has 10 nitrogen and oxygen atoms in total. The molecule has 0 saturated heterocycles. The molecule has 0 spiro atoms. The van der Waals surface area contributed by atoms with Crippen LogP contribution < -0.4 is 11.2 Å². The van der Waals surface area contributed by atoms with Crippen LogP contribution in [0.3, 0.4) is 0 Å². The molecule has 5 rings (SSSR count). The number of hydrogen-bond donors (Lipinski definition) is 0. The van der Waals surface area contributed by atoms with Crippen LogP contribution in [-0.2, 0) is 6.54 Å². The van der Waals surface area contributed by atoms with Crippen LogP contribution in [0.2, 0.25) is 0 Å². The predicted molar refractivity (Wildman–Crippen MR) is 133 cm³/mol. The monoisotopic (exact) mass is 484 g/mol. The Balaban J connectivity index is 1.44. The number of hydrogen-bond acceptors (Lipinski definition) is 7. The van der Waals surface area contributed by atoms with Crippen molar-refractivity contribution in [3.05, 3.63) is 98.5 Å². The predicted octanol–water partition coefficient (Wildman–Crippen LogP) is 2.70. The highest BCUT2D eigenvalue weighted by molar-refractivity contribution is 5.90. The largest absolute Gasteiger partial charge is 0.352 e. The van der Waals surface area contributed by atoms with Crippen molar-refractivity contribution >= 4 is 11.5 Å². The third-order valence-corrected chi connectivity index (χ3v) is 6.12. The zero-order valence-corrected chi connectivity index (χ0v) is 19.9.